The maximum absolute atomic E-state index is 3.98. The predicted octanol–water partition coefficient (Wildman–Crippen LogP) is 11.1. The molecule has 3 saturated carbocycles. The molecule has 3 rings (SSSR count). The van der Waals surface area contributed by atoms with Crippen molar-refractivity contribution in [1.29, 1.82) is 0 Å². The topological polar surface area (TPSA) is 0 Å². The first-order valence-corrected chi connectivity index (χ1v) is 15.6. The molecule has 0 nitrogen and oxygen atoms in total. The third-order valence-electron chi connectivity index (χ3n) is 9.97. The van der Waals surface area contributed by atoms with Crippen LogP contribution in [-0.4, -0.2) is 0 Å². The maximum Gasteiger partial charge on any atom is -0.0233 e. The van der Waals surface area contributed by atoms with Crippen molar-refractivity contribution < 1.29 is 0 Å². The molecule has 33 heavy (non-hydrogen) atoms. The van der Waals surface area contributed by atoms with Crippen molar-refractivity contribution in [2.45, 2.75) is 148 Å². The standard InChI is InChI=1S/C33H58/c1-3-5-6-7-8-9-10-13-30-20-24-32(25-21-30)33-26-22-31(23-27-33)15-12-11-14-29-18-16-28(4-2)17-19-29/h4,11,14,28-33H,2-3,5-10,12-13,15-27H2,1H3/t28-,29-,30-,31-,32-,33-. The van der Waals surface area contributed by atoms with Crippen LogP contribution in [0.2, 0.25) is 0 Å². The highest BCUT2D eigenvalue weighted by Gasteiger charge is 2.30. The average molecular weight is 455 g/mol. The molecule has 3 fully saturated rings. The fourth-order valence-electron chi connectivity index (χ4n) is 7.48. The zero-order valence-corrected chi connectivity index (χ0v) is 22.5. The van der Waals surface area contributed by atoms with Crippen LogP contribution in [0.25, 0.3) is 0 Å². The molecule has 0 heteroatoms. The zero-order chi connectivity index (χ0) is 23.1. The van der Waals surface area contributed by atoms with E-state index in [9.17, 15) is 0 Å². The Morgan fingerprint density at radius 2 is 1.09 bits per heavy atom. The summed E-state index contributed by atoms with van der Waals surface area (Å²) in [6.07, 6.45) is 39.8. The van der Waals surface area contributed by atoms with Crippen LogP contribution in [0.4, 0.5) is 0 Å². The van der Waals surface area contributed by atoms with Crippen LogP contribution >= 0.6 is 0 Å². The van der Waals surface area contributed by atoms with Crippen molar-refractivity contribution >= 4 is 0 Å². The van der Waals surface area contributed by atoms with Gasteiger partial charge in [-0.15, -0.1) is 6.58 Å². The minimum atomic E-state index is 0.796. The van der Waals surface area contributed by atoms with Gasteiger partial charge >= 0.3 is 0 Å². The average Bonchev–Trinajstić information content (AvgIpc) is 2.87. The summed E-state index contributed by atoms with van der Waals surface area (Å²) in [5, 5.41) is 0. The van der Waals surface area contributed by atoms with Crippen molar-refractivity contribution in [1.82, 2.24) is 0 Å². The fourth-order valence-corrected chi connectivity index (χ4v) is 7.48. The molecule has 0 heterocycles. The first-order chi connectivity index (χ1) is 16.3. The highest BCUT2D eigenvalue weighted by atomic mass is 14.4. The third-order valence-corrected chi connectivity index (χ3v) is 9.97. The Hall–Kier alpha value is -0.520. The summed E-state index contributed by atoms with van der Waals surface area (Å²) >= 11 is 0. The molecule has 0 aromatic heterocycles. The molecular weight excluding hydrogens is 396 g/mol. The molecule has 0 N–H and O–H groups in total. The lowest BCUT2D eigenvalue weighted by molar-refractivity contribution is 0.140. The van der Waals surface area contributed by atoms with E-state index in [-0.39, 0.29) is 0 Å². The Labute approximate surface area is 208 Å². The molecule has 3 aliphatic rings. The maximum atomic E-state index is 3.98. The highest BCUT2D eigenvalue weighted by Crippen LogP contribution is 2.43. The molecular formula is C33H58. The summed E-state index contributed by atoms with van der Waals surface area (Å²) in [7, 11) is 0. The lowest BCUT2D eigenvalue weighted by atomic mass is 9.68. The van der Waals surface area contributed by atoms with Crippen LogP contribution in [0.3, 0.4) is 0 Å². The molecule has 0 aliphatic heterocycles. The smallest absolute Gasteiger partial charge is 0.0233 e. The van der Waals surface area contributed by atoms with Crippen LogP contribution in [0, 0.1) is 35.5 Å². The molecule has 0 saturated heterocycles. The van der Waals surface area contributed by atoms with E-state index in [4.69, 9.17) is 0 Å². The fraction of sp³-hybridized carbons (Fsp3) is 0.879. The number of unbranched alkanes of at least 4 members (excludes halogenated alkanes) is 6. The lowest BCUT2D eigenvalue weighted by Crippen LogP contribution is -2.25. The van der Waals surface area contributed by atoms with Crippen molar-refractivity contribution in [3.8, 4) is 0 Å². The van der Waals surface area contributed by atoms with Crippen molar-refractivity contribution in [2.75, 3.05) is 0 Å². The normalized spacial score (nSPS) is 33.4. The van der Waals surface area contributed by atoms with Gasteiger partial charge in [-0.05, 0) is 99.7 Å². The van der Waals surface area contributed by atoms with Gasteiger partial charge in [0.15, 0.2) is 0 Å². The molecule has 190 valence electrons. The molecule has 0 radical (unpaired) electrons. The van der Waals surface area contributed by atoms with Crippen LogP contribution < -0.4 is 0 Å². The van der Waals surface area contributed by atoms with Gasteiger partial charge in [-0.3, -0.25) is 0 Å². The monoisotopic (exact) mass is 454 g/mol. The molecule has 0 aromatic carbocycles. The van der Waals surface area contributed by atoms with Gasteiger partial charge in [-0.2, -0.15) is 0 Å². The van der Waals surface area contributed by atoms with Gasteiger partial charge in [0.1, 0.15) is 0 Å². The Morgan fingerprint density at radius 3 is 1.67 bits per heavy atom. The van der Waals surface area contributed by atoms with E-state index in [0.29, 0.717) is 0 Å². The van der Waals surface area contributed by atoms with Gasteiger partial charge in [-0.1, -0.05) is 102 Å². The molecule has 0 aromatic rings. The van der Waals surface area contributed by atoms with Crippen LogP contribution in [-0.2, 0) is 0 Å². The van der Waals surface area contributed by atoms with E-state index < -0.39 is 0 Å². The van der Waals surface area contributed by atoms with Crippen LogP contribution in [0.15, 0.2) is 24.8 Å². The predicted molar refractivity (Wildman–Crippen MR) is 148 cm³/mol. The quantitative estimate of drug-likeness (QED) is 0.181. The van der Waals surface area contributed by atoms with Gasteiger partial charge < -0.3 is 0 Å². The van der Waals surface area contributed by atoms with E-state index in [1.54, 1.807) is 38.5 Å². The molecule has 0 bridgehead atoms. The van der Waals surface area contributed by atoms with Gasteiger partial charge in [0.25, 0.3) is 0 Å². The van der Waals surface area contributed by atoms with E-state index >= 15 is 0 Å². The number of rotatable bonds is 14. The third kappa shape index (κ3) is 10.3. The van der Waals surface area contributed by atoms with Gasteiger partial charge in [0.2, 0.25) is 0 Å². The van der Waals surface area contributed by atoms with Gasteiger partial charge in [0.05, 0.1) is 0 Å². The Balaban J connectivity index is 1.19. The highest BCUT2D eigenvalue weighted by molar-refractivity contribution is 4.94. The van der Waals surface area contributed by atoms with Gasteiger partial charge in [-0.25, -0.2) is 0 Å². The van der Waals surface area contributed by atoms with Crippen molar-refractivity contribution in [3.05, 3.63) is 24.8 Å². The first-order valence-electron chi connectivity index (χ1n) is 15.6. The molecule has 3 aliphatic carbocycles. The minimum absolute atomic E-state index is 0.796. The number of allylic oxidation sites excluding steroid dienone is 3. The number of hydrogen-bond acceptors (Lipinski definition) is 0. The number of hydrogen-bond donors (Lipinski definition) is 0. The van der Waals surface area contributed by atoms with E-state index in [1.807, 2.05) is 0 Å². The van der Waals surface area contributed by atoms with E-state index in [0.717, 1.165) is 35.5 Å². The first kappa shape index (κ1) is 27.1. The van der Waals surface area contributed by atoms with Crippen LogP contribution in [0.5, 0.6) is 0 Å². The SMILES string of the molecule is C=C[C@H]1CC[C@H](C=CCC[C@H]2CC[C@H]([C@H]3CC[C@H](CCCCCCCCC)CC3)CC2)CC1. The molecule has 0 atom stereocenters. The van der Waals surface area contributed by atoms with Crippen molar-refractivity contribution in [3.63, 3.8) is 0 Å². The lowest BCUT2D eigenvalue weighted by Gasteiger charge is -2.38. The largest absolute Gasteiger partial charge is 0.103 e. The summed E-state index contributed by atoms with van der Waals surface area (Å²) in [5.41, 5.74) is 0. The Kier molecular flexibility index (Phi) is 13.3. The second-order valence-corrected chi connectivity index (χ2v) is 12.4. The molecule has 0 spiro atoms. The summed E-state index contributed by atoms with van der Waals surface area (Å²) in [6, 6.07) is 0. The molecule has 0 unspecified atom stereocenters. The van der Waals surface area contributed by atoms with Crippen molar-refractivity contribution in [2.24, 2.45) is 35.5 Å². The second-order valence-electron chi connectivity index (χ2n) is 12.4. The van der Waals surface area contributed by atoms with Crippen LogP contribution in [0.1, 0.15) is 148 Å². The summed E-state index contributed by atoms with van der Waals surface area (Å²) in [5.74, 6) is 5.92. The summed E-state index contributed by atoms with van der Waals surface area (Å²) in [4.78, 5) is 0. The Morgan fingerprint density at radius 1 is 0.576 bits per heavy atom. The second kappa shape index (κ2) is 16.2. The molecule has 0 amide bonds. The summed E-state index contributed by atoms with van der Waals surface area (Å²) < 4.78 is 0. The summed E-state index contributed by atoms with van der Waals surface area (Å²) in [6.45, 7) is 6.30. The minimum Gasteiger partial charge on any atom is -0.103 e. The van der Waals surface area contributed by atoms with Gasteiger partial charge in [0, 0.05) is 0 Å². The zero-order valence-electron chi connectivity index (χ0n) is 22.5. The van der Waals surface area contributed by atoms with E-state index in [2.05, 4.69) is 31.7 Å². The van der Waals surface area contributed by atoms with E-state index in [1.165, 1.54) is 103 Å². The Bertz CT molecular complexity index is 506.